The highest BCUT2D eigenvalue weighted by molar-refractivity contribution is 6.19. The van der Waals surface area contributed by atoms with E-state index in [-0.39, 0.29) is 0 Å². The van der Waals surface area contributed by atoms with E-state index in [1.54, 1.807) is 0 Å². The Balaban J connectivity index is 0.951. The van der Waals surface area contributed by atoms with Gasteiger partial charge in [-0.05, 0) is 120 Å². The predicted octanol–water partition coefficient (Wildman–Crippen LogP) is 17.4. The van der Waals surface area contributed by atoms with Crippen molar-refractivity contribution < 1.29 is 0 Å². The van der Waals surface area contributed by atoms with Gasteiger partial charge >= 0.3 is 0 Å². The minimum Gasteiger partial charge on any atom is -0.310 e. The van der Waals surface area contributed by atoms with E-state index in [2.05, 4.69) is 252 Å². The third-order valence-electron chi connectivity index (χ3n) is 13.3. The molecule has 1 heterocycles. The summed E-state index contributed by atoms with van der Waals surface area (Å²) in [6, 6.07) is 89.1. The van der Waals surface area contributed by atoms with Gasteiger partial charge < -0.3 is 9.47 Å². The maximum Gasteiger partial charge on any atom is 0.0619 e. The van der Waals surface area contributed by atoms with Crippen molar-refractivity contribution in [1.29, 1.82) is 0 Å². The fourth-order valence-corrected chi connectivity index (χ4v) is 10.2. The van der Waals surface area contributed by atoms with Crippen molar-refractivity contribution in [2.24, 2.45) is 0 Å². The Hall–Kier alpha value is -8.46. The SMILES string of the molecule is c1ccc(-n2c3cc(-c4ccc(N(c5ccc(-c6ccc7ccc8ccccc8c7c6)cc5)c5cc6ccccc6c6ccccc56)cc4)ccc3c3ccc4ccccc4c32)cc1. The highest BCUT2D eigenvalue weighted by Gasteiger charge is 2.20. The molecule has 1 aromatic heterocycles. The molecule has 13 rings (SSSR count). The van der Waals surface area contributed by atoms with Crippen molar-refractivity contribution >= 4 is 92.7 Å². The van der Waals surface area contributed by atoms with Gasteiger partial charge in [-0.3, -0.25) is 0 Å². The van der Waals surface area contributed by atoms with E-state index in [0.29, 0.717) is 0 Å². The normalized spacial score (nSPS) is 11.8. The lowest BCUT2D eigenvalue weighted by atomic mass is 9.96. The lowest BCUT2D eigenvalue weighted by molar-refractivity contribution is 1.19. The van der Waals surface area contributed by atoms with Crippen molar-refractivity contribution in [3.8, 4) is 27.9 Å². The molecule has 0 saturated carbocycles. The zero-order valence-electron chi connectivity index (χ0n) is 35.0. The summed E-state index contributed by atoms with van der Waals surface area (Å²) < 4.78 is 2.45. The molecule has 0 aliphatic rings. The molecule has 0 unspecified atom stereocenters. The molecule has 0 bridgehead atoms. The minimum absolute atomic E-state index is 1.10. The maximum atomic E-state index is 2.45. The lowest BCUT2D eigenvalue weighted by Crippen LogP contribution is -2.10. The van der Waals surface area contributed by atoms with Crippen molar-refractivity contribution in [1.82, 2.24) is 4.57 Å². The quantitative estimate of drug-likeness (QED) is 0.152. The summed E-state index contributed by atoms with van der Waals surface area (Å²) >= 11 is 0. The van der Waals surface area contributed by atoms with Gasteiger partial charge in [0, 0.05) is 38.6 Å². The Kier molecular flexibility index (Phi) is 8.25. The molecule has 298 valence electrons. The van der Waals surface area contributed by atoms with E-state index in [9.17, 15) is 0 Å². The molecule has 0 aliphatic carbocycles. The Morgan fingerprint density at radius 2 is 0.734 bits per heavy atom. The molecule has 2 nitrogen and oxygen atoms in total. The molecule has 0 radical (unpaired) electrons. The van der Waals surface area contributed by atoms with Crippen LogP contribution in [0.4, 0.5) is 17.1 Å². The Labute approximate surface area is 371 Å². The average molecular weight is 813 g/mol. The molecular formula is C62H40N2. The van der Waals surface area contributed by atoms with E-state index >= 15 is 0 Å². The third-order valence-corrected chi connectivity index (χ3v) is 13.3. The molecule has 0 N–H and O–H groups in total. The van der Waals surface area contributed by atoms with Gasteiger partial charge in [-0.25, -0.2) is 0 Å². The first-order chi connectivity index (χ1) is 31.7. The number of benzene rings is 12. The summed E-state index contributed by atoms with van der Waals surface area (Å²) in [5, 5.41) is 15.0. The third kappa shape index (κ3) is 5.81. The predicted molar refractivity (Wildman–Crippen MR) is 274 cm³/mol. The molecule has 64 heavy (non-hydrogen) atoms. The first-order valence-electron chi connectivity index (χ1n) is 22.1. The largest absolute Gasteiger partial charge is 0.310 e. The molecule has 0 amide bonds. The monoisotopic (exact) mass is 812 g/mol. The van der Waals surface area contributed by atoms with Gasteiger partial charge in [0.25, 0.3) is 0 Å². The van der Waals surface area contributed by atoms with Gasteiger partial charge in [-0.1, -0.05) is 188 Å². The number of fused-ring (bicyclic) bond motifs is 11. The first-order valence-corrected chi connectivity index (χ1v) is 22.1. The molecular weight excluding hydrogens is 773 g/mol. The van der Waals surface area contributed by atoms with Gasteiger partial charge in [0.15, 0.2) is 0 Å². The molecule has 13 aromatic rings. The molecule has 2 heteroatoms. The summed E-state index contributed by atoms with van der Waals surface area (Å²) in [6.07, 6.45) is 0. The highest BCUT2D eigenvalue weighted by Crippen LogP contribution is 2.44. The fourth-order valence-electron chi connectivity index (χ4n) is 10.2. The molecule has 0 fully saturated rings. The van der Waals surface area contributed by atoms with Crippen molar-refractivity contribution in [3.05, 3.63) is 243 Å². The number of para-hydroxylation sites is 1. The molecule has 0 atom stereocenters. The van der Waals surface area contributed by atoms with Crippen LogP contribution in [-0.4, -0.2) is 4.57 Å². The standard InChI is InChI=1S/C62H40N2/c1-2-15-49(16-3-1)64-61-39-47(31-36-57(61)58-37-30-44-13-5-9-19-54(44)62(58)64)42-28-34-51(35-29-42)63(60-40-48-14-6-8-18-53(48)55-20-10-11-21-56(55)60)50-32-26-41(27-33-50)46-25-24-45-23-22-43-12-4-7-17-52(43)59(45)38-46/h1-40H. The highest BCUT2D eigenvalue weighted by atomic mass is 15.1. The second kappa shape index (κ2) is 14.6. The van der Waals surface area contributed by atoms with Crippen LogP contribution in [0.25, 0.3) is 104 Å². The Bertz CT molecular complexity index is 3940. The topological polar surface area (TPSA) is 8.17 Å². The van der Waals surface area contributed by atoms with Gasteiger partial charge in [0.05, 0.1) is 16.7 Å². The molecule has 12 aromatic carbocycles. The van der Waals surface area contributed by atoms with Crippen LogP contribution in [0, 0.1) is 0 Å². The minimum atomic E-state index is 1.10. The molecule has 0 saturated heterocycles. The summed E-state index contributed by atoms with van der Waals surface area (Å²) in [7, 11) is 0. The summed E-state index contributed by atoms with van der Waals surface area (Å²) in [5.74, 6) is 0. The van der Waals surface area contributed by atoms with Gasteiger partial charge in [0.2, 0.25) is 0 Å². The number of rotatable bonds is 6. The van der Waals surface area contributed by atoms with Crippen molar-refractivity contribution in [2.45, 2.75) is 0 Å². The van der Waals surface area contributed by atoms with E-state index in [1.165, 1.54) is 97.9 Å². The van der Waals surface area contributed by atoms with Crippen LogP contribution in [0.3, 0.4) is 0 Å². The Morgan fingerprint density at radius 3 is 1.44 bits per heavy atom. The van der Waals surface area contributed by atoms with E-state index < -0.39 is 0 Å². The fraction of sp³-hybridized carbons (Fsp3) is 0. The second-order valence-corrected chi connectivity index (χ2v) is 16.9. The summed E-state index contributed by atoms with van der Waals surface area (Å²) in [6.45, 7) is 0. The van der Waals surface area contributed by atoms with Crippen LogP contribution in [0.1, 0.15) is 0 Å². The number of aromatic nitrogens is 1. The number of hydrogen-bond donors (Lipinski definition) is 0. The summed E-state index contributed by atoms with van der Waals surface area (Å²) in [4.78, 5) is 2.43. The van der Waals surface area contributed by atoms with Crippen LogP contribution in [0.2, 0.25) is 0 Å². The van der Waals surface area contributed by atoms with E-state index in [4.69, 9.17) is 0 Å². The first kappa shape index (κ1) is 36.2. The number of nitrogens with zero attached hydrogens (tertiary/aromatic N) is 2. The van der Waals surface area contributed by atoms with Crippen LogP contribution in [-0.2, 0) is 0 Å². The zero-order chi connectivity index (χ0) is 42.1. The Morgan fingerprint density at radius 1 is 0.266 bits per heavy atom. The smallest absolute Gasteiger partial charge is 0.0619 e. The average Bonchev–Trinajstić information content (AvgIpc) is 3.71. The van der Waals surface area contributed by atoms with Gasteiger partial charge in [-0.15, -0.1) is 0 Å². The zero-order valence-corrected chi connectivity index (χ0v) is 35.0. The maximum absolute atomic E-state index is 2.45. The van der Waals surface area contributed by atoms with Crippen molar-refractivity contribution in [3.63, 3.8) is 0 Å². The van der Waals surface area contributed by atoms with Gasteiger partial charge in [-0.2, -0.15) is 0 Å². The second-order valence-electron chi connectivity index (χ2n) is 16.9. The van der Waals surface area contributed by atoms with Crippen molar-refractivity contribution in [2.75, 3.05) is 4.90 Å². The van der Waals surface area contributed by atoms with E-state index in [0.717, 1.165) is 22.7 Å². The number of anilines is 3. The molecule has 0 spiro atoms. The van der Waals surface area contributed by atoms with Crippen LogP contribution in [0.15, 0.2) is 243 Å². The molecule has 0 aliphatic heterocycles. The van der Waals surface area contributed by atoms with E-state index in [1.807, 2.05) is 0 Å². The summed E-state index contributed by atoms with van der Waals surface area (Å²) in [5.41, 5.74) is 11.7. The number of hydrogen-bond acceptors (Lipinski definition) is 1. The van der Waals surface area contributed by atoms with Gasteiger partial charge in [0.1, 0.15) is 0 Å². The van der Waals surface area contributed by atoms with Crippen LogP contribution < -0.4 is 4.90 Å². The van der Waals surface area contributed by atoms with Crippen LogP contribution in [0.5, 0.6) is 0 Å². The lowest BCUT2D eigenvalue weighted by Gasteiger charge is -2.28. The van der Waals surface area contributed by atoms with Crippen LogP contribution >= 0.6 is 0 Å².